The minimum Gasteiger partial charge on any atom is -0.366 e. The van der Waals surface area contributed by atoms with Crippen LogP contribution < -0.4 is 5.32 Å². The predicted octanol–water partition coefficient (Wildman–Crippen LogP) is 2.05. The summed E-state index contributed by atoms with van der Waals surface area (Å²) in [5, 5.41) is 13.3. The number of nitrogens with one attached hydrogen (secondary N) is 1. The van der Waals surface area contributed by atoms with Crippen molar-refractivity contribution in [2.24, 2.45) is 0 Å². The van der Waals surface area contributed by atoms with Crippen LogP contribution in [0.3, 0.4) is 0 Å². The summed E-state index contributed by atoms with van der Waals surface area (Å²) >= 11 is 5.24. The van der Waals surface area contributed by atoms with Gasteiger partial charge in [-0.2, -0.15) is 5.26 Å². The van der Waals surface area contributed by atoms with Gasteiger partial charge >= 0.3 is 0 Å². The van der Waals surface area contributed by atoms with E-state index in [2.05, 4.69) is 28.4 Å². The van der Waals surface area contributed by atoms with E-state index in [1.54, 1.807) is 0 Å². The van der Waals surface area contributed by atoms with Gasteiger partial charge in [0.05, 0.1) is 11.5 Å². The Kier molecular flexibility index (Phi) is 3.83. The number of nitriles is 1. The van der Waals surface area contributed by atoms with Crippen molar-refractivity contribution in [1.82, 2.24) is 10.2 Å². The Morgan fingerprint density at radius 2 is 1.94 bits per heavy atom. The van der Waals surface area contributed by atoms with Gasteiger partial charge in [-0.25, -0.2) is 0 Å². The molecule has 1 saturated heterocycles. The third-order valence-corrected chi connectivity index (χ3v) is 4.12. The van der Waals surface area contributed by atoms with Crippen molar-refractivity contribution in [2.45, 2.75) is 18.3 Å². The standard InChI is InChI=1S/C14H17N3S/c1-16-13(18)17-9-7-14(11-15,8-10-17)12-5-3-2-4-6-12/h2-6H,7-10H2,1H3,(H,16,18). The number of benzene rings is 1. The highest BCUT2D eigenvalue weighted by Crippen LogP contribution is 2.34. The Morgan fingerprint density at radius 1 is 1.33 bits per heavy atom. The average molecular weight is 259 g/mol. The molecule has 0 saturated carbocycles. The molecule has 0 amide bonds. The normalized spacial score (nSPS) is 17.9. The quantitative estimate of drug-likeness (QED) is 0.784. The SMILES string of the molecule is CNC(=S)N1CCC(C#N)(c2ccccc2)CC1. The first kappa shape index (κ1) is 12.8. The van der Waals surface area contributed by atoms with Gasteiger partial charge in [0.25, 0.3) is 0 Å². The lowest BCUT2D eigenvalue weighted by molar-refractivity contribution is 0.268. The molecule has 94 valence electrons. The lowest BCUT2D eigenvalue weighted by atomic mass is 9.74. The fourth-order valence-electron chi connectivity index (χ4n) is 2.47. The molecular weight excluding hydrogens is 242 g/mol. The molecule has 1 aromatic carbocycles. The molecule has 0 aromatic heterocycles. The summed E-state index contributed by atoms with van der Waals surface area (Å²) in [7, 11) is 1.84. The zero-order valence-electron chi connectivity index (χ0n) is 10.5. The zero-order valence-corrected chi connectivity index (χ0v) is 11.3. The molecule has 18 heavy (non-hydrogen) atoms. The first-order chi connectivity index (χ1) is 8.72. The minimum atomic E-state index is -0.346. The summed E-state index contributed by atoms with van der Waals surface area (Å²) < 4.78 is 0. The van der Waals surface area contributed by atoms with E-state index >= 15 is 0 Å². The maximum atomic E-state index is 9.56. The van der Waals surface area contributed by atoms with E-state index in [9.17, 15) is 5.26 Å². The Bertz CT molecular complexity index is 456. The van der Waals surface area contributed by atoms with Crippen LogP contribution in [0.4, 0.5) is 0 Å². The molecule has 0 unspecified atom stereocenters. The summed E-state index contributed by atoms with van der Waals surface area (Å²) in [6, 6.07) is 12.6. The van der Waals surface area contributed by atoms with Gasteiger partial charge in [0.1, 0.15) is 0 Å². The molecule has 1 aliphatic rings. The van der Waals surface area contributed by atoms with E-state index in [-0.39, 0.29) is 5.41 Å². The summed E-state index contributed by atoms with van der Waals surface area (Å²) in [6.45, 7) is 1.67. The molecule has 1 fully saturated rings. The van der Waals surface area contributed by atoms with Gasteiger partial charge in [-0.05, 0) is 30.6 Å². The van der Waals surface area contributed by atoms with Gasteiger partial charge in [-0.1, -0.05) is 30.3 Å². The molecule has 4 heteroatoms. The van der Waals surface area contributed by atoms with Crippen LogP contribution in [0, 0.1) is 11.3 Å². The summed E-state index contributed by atoms with van der Waals surface area (Å²) in [4.78, 5) is 2.13. The van der Waals surface area contributed by atoms with Crippen LogP contribution in [0.15, 0.2) is 30.3 Å². The number of hydrogen-bond acceptors (Lipinski definition) is 2. The van der Waals surface area contributed by atoms with E-state index in [4.69, 9.17) is 12.2 Å². The molecule has 0 aliphatic carbocycles. The van der Waals surface area contributed by atoms with Gasteiger partial charge in [-0.15, -0.1) is 0 Å². The Balaban J connectivity index is 2.15. The van der Waals surface area contributed by atoms with E-state index in [1.165, 1.54) is 0 Å². The third kappa shape index (κ3) is 2.32. The van der Waals surface area contributed by atoms with E-state index in [0.29, 0.717) is 0 Å². The predicted molar refractivity (Wildman–Crippen MR) is 76.2 cm³/mol. The lowest BCUT2D eigenvalue weighted by Crippen LogP contribution is -2.47. The monoisotopic (exact) mass is 259 g/mol. The van der Waals surface area contributed by atoms with Crippen molar-refractivity contribution in [3.8, 4) is 6.07 Å². The van der Waals surface area contributed by atoms with E-state index in [0.717, 1.165) is 36.6 Å². The van der Waals surface area contributed by atoms with Gasteiger partial charge in [-0.3, -0.25) is 0 Å². The molecule has 3 nitrogen and oxygen atoms in total. The van der Waals surface area contributed by atoms with Crippen molar-refractivity contribution in [1.29, 1.82) is 5.26 Å². The number of thiocarbonyl (C=S) groups is 1. The van der Waals surface area contributed by atoms with Crippen molar-refractivity contribution in [3.05, 3.63) is 35.9 Å². The number of piperidine rings is 1. The second-order valence-electron chi connectivity index (χ2n) is 4.60. The fourth-order valence-corrected chi connectivity index (χ4v) is 2.65. The first-order valence-electron chi connectivity index (χ1n) is 6.15. The molecular formula is C14H17N3S. The van der Waals surface area contributed by atoms with Gasteiger partial charge in [0.15, 0.2) is 5.11 Å². The van der Waals surface area contributed by atoms with E-state index in [1.807, 2.05) is 25.2 Å². The van der Waals surface area contributed by atoms with Crippen molar-refractivity contribution < 1.29 is 0 Å². The highest BCUT2D eigenvalue weighted by molar-refractivity contribution is 7.80. The van der Waals surface area contributed by atoms with Crippen molar-refractivity contribution in [3.63, 3.8) is 0 Å². The molecule has 1 aliphatic heterocycles. The molecule has 0 radical (unpaired) electrons. The van der Waals surface area contributed by atoms with Crippen LogP contribution in [0.5, 0.6) is 0 Å². The number of hydrogen-bond donors (Lipinski definition) is 1. The Morgan fingerprint density at radius 3 is 2.44 bits per heavy atom. The summed E-state index contributed by atoms with van der Waals surface area (Å²) in [5.74, 6) is 0. The first-order valence-corrected chi connectivity index (χ1v) is 6.56. The largest absolute Gasteiger partial charge is 0.366 e. The maximum Gasteiger partial charge on any atom is 0.168 e. The van der Waals surface area contributed by atoms with Gasteiger partial charge < -0.3 is 10.2 Å². The highest BCUT2D eigenvalue weighted by atomic mass is 32.1. The number of rotatable bonds is 1. The van der Waals surface area contributed by atoms with Crippen LogP contribution in [-0.4, -0.2) is 30.1 Å². The average Bonchev–Trinajstić information content (AvgIpc) is 2.47. The molecule has 0 spiro atoms. The van der Waals surface area contributed by atoms with E-state index < -0.39 is 0 Å². The molecule has 1 aromatic rings. The van der Waals surface area contributed by atoms with Crippen molar-refractivity contribution in [2.75, 3.05) is 20.1 Å². The highest BCUT2D eigenvalue weighted by Gasteiger charge is 2.36. The number of nitrogens with zero attached hydrogens (tertiary/aromatic N) is 2. The smallest absolute Gasteiger partial charge is 0.168 e. The van der Waals surface area contributed by atoms with Gasteiger partial charge in [0, 0.05) is 20.1 Å². The second kappa shape index (κ2) is 5.36. The summed E-state index contributed by atoms with van der Waals surface area (Å²) in [5.41, 5.74) is 0.781. The topological polar surface area (TPSA) is 39.1 Å². The fraction of sp³-hybridized carbons (Fsp3) is 0.429. The van der Waals surface area contributed by atoms with Gasteiger partial charge in [0.2, 0.25) is 0 Å². The van der Waals surface area contributed by atoms with Crippen LogP contribution in [0.1, 0.15) is 18.4 Å². The molecule has 1 N–H and O–H groups in total. The van der Waals surface area contributed by atoms with Crippen molar-refractivity contribution >= 4 is 17.3 Å². The molecule has 2 rings (SSSR count). The number of likely N-dealkylation sites (tertiary alicyclic amines) is 1. The van der Waals surface area contributed by atoms with Crippen LogP contribution in [0.2, 0.25) is 0 Å². The van der Waals surface area contributed by atoms with Crippen LogP contribution >= 0.6 is 12.2 Å². The zero-order chi connectivity index (χ0) is 13.0. The Labute approximate surface area is 113 Å². The molecule has 0 atom stereocenters. The molecule has 0 bridgehead atoms. The Hall–Kier alpha value is -1.60. The van der Waals surface area contributed by atoms with Crippen LogP contribution in [0.25, 0.3) is 0 Å². The van der Waals surface area contributed by atoms with Crippen LogP contribution in [-0.2, 0) is 5.41 Å². The maximum absolute atomic E-state index is 9.56. The summed E-state index contributed by atoms with van der Waals surface area (Å²) in [6.07, 6.45) is 1.66. The lowest BCUT2D eigenvalue weighted by Gasteiger charge is -2.38. The second-order valence-corrected chi connectivity index (χ2v) is 4.99. The molecule has 1 heterocycles. The minimum absolute atomic E-state index is 0.346. The third-order valence-electron chi connectivity index (χ3n) is 3.66.